The van der Waals surface area contributed by atoms with E-state index in [-0.39, 0.29) is 6.61 Å². The summed E-state index contributed by atoms with van der Waals surface area (Å²) in [5.74, 6) is -0.984. The number of alkyl halides is 1. The highest BCUT2D eigenvalue weighted by Gasteiger charge is 2.49. The molecule has 1 saturated heterocycles. The zero-order chi connectivity index (χ0) is 20.5. The van der Waals surface area contributed by atoms with Gasteiger partial charge in [-0.2, -0.15) is 0 Å². The van der Waals surface area contributed by atoms with Gasteiger partial charge in [-0.3, -0.25) is 9.59 Å². The zero-order valence-electron chi connectivity index (χ0n) is 16.3. The SMILES string of the molecule is CC(=O)O[C@H]1[C@H](OCc2ccccc2)[C@@H](OCCCBr)O[C@@H](C)[C@H]1OC(C)=O. The van der Waals surface area contributed by atoms with Gasteiger partial charge < -0.3 is 23.7 Å². The summed E-state index contributed by atoms with van der Waals surface area (Å²) in [6, 6.07) is 9.59. The summed E-state index contributed by atoms with van der Waals surface area (Å²) in [4.78, 5) is 23.3. The van der Waals surface area contributed by atoms with Crippen LogP contribution < -0.4 is 0 Å². The minimum absolute atomic E-state index is 0.270. The van der Waals surface area contributed by atoms with Gasteiger partial charge in [0, 0.05) is 19.2 Å². The predicted molar refractivity (Wildman–Crippen MR) is 105 cm³/mol. The molecule has 0 aliphatic carbocycles. The second-order valence-corrected chi connectivity index (χ2v) is 7.33. The molecule has 1 aromatic rings. The first kappa shape index (κ1) is 22.8. The Morgan fingerprint density at radius 2 is 1.64 bits per heavy atom. The Hall–Kier alpha value is -1.48. The van der Waals surface area contributed by atoms with Crippen molar-refractivity contribution in [1.29, 1.82) is 0 Å². The third kappa shape index (κ3) is 6.84. The Bertz CT molecular complexity index is 624. The first-order valence-electron chi connectivity index (χ1n) is 9.25. The van der Waals surface area contributed by atoms with E-state index in [1.807, 2.05) is 30.3 Å². The molecule has 0 aromatic heterocycles. The quantitative estimate of drug-likeness (QED) is 0.319. The van der Waals surface area contributed by atoms with Crippen LogP contribution in [0.2, 0.25) is 0 Å². The molecule has 0 bridgehead atoms. The molecule has 0 spiro atoms. The van der Waals surface area contributed by atoms with Gasteiger partial charge in [-0.15, -0.1) is 0 Å². The standard InChI is InChI=1S/C20H27BrO7/c1-13-17(27-14(2)22)18(28-15(3)23)19(20(26-13)24-11-7-10-21)25-12-16-8-5-4-6-9-16/h4-6,8-9,13,17-20H,7,10-12H2,1-3H3/t13-,17+,18+,19-,20-/m0/s1. The molecule has 2 rings (SSSR count). The van der Waals surface area contributed by atoms with E-state index in [4.69, 9.17) is 23.7 Å². The molecule has 1 aromatic carbocycles. The van der Waals surface area contributed by atoms with Crippen molar-refractivity contribution in [1.82, 2.24) is 0 Å². The molecule has 8 heteroatoms. The molecule has 0 radical (unpaired) electrons. The summed E-state index contributed by atoms with van der Waals surface area (Å²) < 4.78 is 28.7. The van der Waals surface area contributed by atoms with Crippen molar-refractivity contribution in [2.24, 2.45) is 0 Å². The maximum atomic E-state index is 11.7. The lowest BCUT2D eigenvalue weighted by Gasteiger charge is -2.43. The molecule has 0 amide bonds. The van der Waals surface area contributed by atoms with E-state index in [9.17, 15) is 9.59 Å². The molecule has 0 saturated carbocycles. The molecule has 0 N–H and O–H groups in total. The molecular weight excluding hydrogens is 432 g/mol. The number of rotatable bonds is 9. The van der Waals surface area contributed by atoms with E-state index in [0.29, 0.717) is 6.61 Å². The van der Waals surface area contributed by atoms with Crippen molar-refractivity contribution >= 4 is 27.9 Å². The number of carbonyl (C=O) groups is 2. The Morgan fingerprint density at radius 3 is 2.25 bits per heavy atom. The third-order valence-electron chi connectivity index (χ3n) is 4.18. The van der Waals surface area contributed by atoms with Crippen molar-refractivity contribution in [3.05, 3.63) is 35.9 Å². The second kappa shape index (κ2) is 11.5. The minimum atomic E-state index is -0.845. The van der Waals surface area contributed by atoms with Gasteiger partial charge in [-0.25, -0.2) is 0 Å². The highest BCUT2D eigenvalue weighted by Crippen LogP contribution is 2.30. The maximum absolute atomic E-state index is 11.7. The number of halogens is 1. The van der Waals surface area contributed by atoms with Crippen LogP contribution in [0.25, 0.3) is 0 Å². The predicted octanol–water partition coefficient (Wildman–Crippen LogP) is 2.98. The number of carbonyl (C=O) groups excluding carboxylic acids is 2. The minimum Gasteiger partial charge on any atom is -0.456 e. The van der Waals surface area contributed by atoms with Crippen molar-refractivity contribution in [3.63, 3.8) is 0 Å². The van der Waals surface area contributed by atoms with E-state index in [2.05, 4.69) is 15.9 Å². The number of esters is 2. The first-order valence-corrected chi connectivity index (χ1v) is 10.4. The van der Waals surface area contributed by atoms with E-state index >= 15 is 0 Å². The molecule has 1 aliphatic heterocycles. The van der Waals surface area contributed by atoms with Gasteiger partial charge >= 0.3 is 11.9 Å². The Kier molecular flexibility index (Phi) is 9.37. The van der Waals surface area contributed by atoms with Crippen LogP contribution in [-0.4, -0.2) is 54.6 Å². The average molecular weight is 459 g/mol. The smallest absolute Gasteiger partial charge is 0.303 e. The Morgan fingerprint density at radius 1 is 1.00 bits per heavy atom. The largest absolute Gasteiger partial charge is 0.456 e. The Labute approximate surface area is 173 Å². The van der Waals surface area contributed by atoms with E-state index in [0.717, 1.165) is 17.3 Å². The molecule has 1 fully saturated rings. The van der Waals surface area contributed by atoms with Gasteiger partial charge in [-0.05, 0) is 18.9 Å². The summed E-state index contributed by atoms with van der Waals surface area (Å²) in [7, 11) is 0. The van der Waals surface area contributed by atoms with Crippen LogP contribution in [0.3, 0.4) is 0 Å². The van der Waals surface area contributed by atoms with E-state index in [1.54, 1.807) is 6.92 Å². The lowest BCUT2D eigenvalue weighted by atomic mass is 9.98. The van der Waals surface area contributed by atoms with Crippen LogP contribution in [-0.2, 0) is 39.9 Å². The average Bonchev–Trinajstić information content (AvgIpc) is 2.64. The lowest BCUT2D eigenvalue weighted by Crippen LogP contribution is -2.60. The summed E-state index contributed by atoms with van der Waals surface area (Å²) in [6.07, 6.45) is -2.89. The summed E-state index contributed by atoms with van der Waals surface area (Å²) in [5.41, 5.74) is 0.950. The molecule has 5 atom stereocenters. The fourth-order valence-corrected chi connectivity index (χ4v) is 3.21. The zero-order valence-corrected chi connectivity index (χ0v) is 17.9. The van der Waals surface area contributed by atoms with E-state index < -0.39 is 42.6 Å². The highest BCUT2D eigenvalue weighted by atomic mass is 79.9. The van der Waals surface area contributed by atoms with Crippen LogP contribution >= 0.6 is 15.9 Å². The number of benzene rings is 1. The summed E-state index contributed by atoms with van der Waals surface area (Å²) in [6.45, 7) is 5.07. The normalized spacial score (nSPS) is 27.2. The molecule has 28 heavy (non-hydrogen) atoms. The topological polar surface area (TPSA) is 80.3 Å². The van der Waals surface area contributed by atoms with Gasteiger partial charge in [0.05, 0.1) is 19.3 Å². The van der Waals surface area contributed by atoms with Crippen molar-refractivity contribution in [3.8, 4) is 0 Å². The van der Waals surface area contributed by atoms with Crippen LogP contribution in [0.15, 0.2) is 30.3 Å². The number of ether oxygens (including phenoxy) is 5. The molecule has 0 unspecified atom stereocenters. The molecular formula is C20H27BrO7. The molecule has 7 nitrogen and oxygen atoms in total. The van der Waals surface area contributed by atoms with Crippen LogP contribution in [0.5, 0.6) is 0 Å². The van der Waals surface area contributed by atoms with Crippen LogP contribution in [0.4, 0.5) is 0 Å². The van der Waals surface area contributed by atoms with Gasteiger partial charge in [0.15, 0.2) is 18.5 Å². The van der Waals surface area contributed by atoms with Crippen LogP contribution in [0.1, 0.15) is 32.8 Å². The summed E-state index contributed by atoms with van der Waals surface area (Å²) in [5, 5.41) is 0.786. The summed E-state index contributed by atoms with van der Waals surface area (Å²) >= 11 is 3.37. The molecule has 1 aliphatic rings. The third-order valence-corrected chi connectivity index (χ3v) is 4.74. The first-order chi connectivity index (χ1) is 13.4. The van der Waals surface area contributed by atoms with Crippen molar-refractivity contribution in [2.45, 2.75) is 64.5 Å². The lowest BCUT2D eigenvalue weighted by molar-refractivity contribution is -0.308. The fourth-order valence-electron chi connectivity index (χ4n) is 2.98. The van der Waals surface area contributed by atoms with Gasteiger partial charge in [0.25, 0.3) is 0 Å². The van der Waals surface area contributed by atoms with Crippen molar-refractivity contribution in [2.75, 3.05) is 11.9 Å². The number of hydrogen-bond acceptors (Lipinski definition) is 7. The second-order valence-electron chi connectivity index (χ2n) is 6.53. The fraction of sp³-hybridized carbons (Fsp3) is 0.600. The molecule has 156 valence electrons. The monoisotopic (exact) mass is 458 g/mol. The van der Waals surface area contributed by atoms with E-state index in [1.165, 1.54) is 13.8 Å². The van der Waals surface area contributed by atoms with Gasteiger partial charge in [0.2, 0.25) is 0 Å². The highest BCUT2D eigenvalue weighted by molar-refractivity contribution is 9.09. The van der Waals surface area contributed by atoms with Gasteiger partial charge in [-0.1, -0.05) is 46.3 Å². The number of hydrogen-bond donors (Lipinski definition) is 0. The maximum Gasteiger partial charge on any atom is 0.303 e. The van der Waals surface area contributed by atoms with Crippen LogP contribution in [0, 0.1) is 0 Å². The Balaban J connectivity index is 2.22. The van der Waals surface area contributed by atoms with Gasteiger partial charge in [0.1, 0.15) is 6.10 Å². The molecule has 1 heterocycles. The van der Waals surface area contributed by atoms with Crippen molar-refractivity contribution < 1.29 is 33.3 Å².